The molecule has 5 rings (SSSR count). The number of piperazine rings is 1. The highest BCUT2D eigenvalue weighted by atomic mass is 16.6. The Labute approximate surface area is 209 Å². The lowest BCUT2D eigenvalue weighted by Gasteiger charge is -2.36. The van der Waals surface area contributed by atoms with Gasteiger partial charge in [0.25, 0.3) is 0 Å². The molecule has 186 valence electrons. The van der Waals surface area contributed by atoms with Crippen molar-refractivity contribution >= 4 is 17.6 Å². The standard InChI is InChI=1S/C26H29N7O3/c1-26(2,3)36-25(35)32-12-10-31(11-13-32)22-5-4-19(14-28-22)21-15-29-23(18-6-8-27-9-7-18)24-30-20(17-34)16-33(21)24/h4-9,14-16,34H,10-13,17H2,1-3H3. The number of aromatic nitrogens is 5. The first-order valence-corrected chi connectivity index (χ1v) is 11.9. The molecule has 1 fully saturated rings. The maximum atomic E-state index is 12.3. The molecule has 1 N–H and O–H groups in total. The number of anilines is 1. The van der Waals surface area contributed by atoms with Gasteiger partial charge < -0.3 is 19.6 Å². The van der Waals surface area contributed by atoms with Crippen LogP contribution in [0.2, 0.25) is 0 Å². The summed E-state index contributed by atoms with van der Waals surface area (Å²) in [5, 5.41) is 9.69. The lowest BCUT2D eigenvalue weighted by molar-refractivity contribution is 0.0240. The summed E-state index contributed by atoms with van der Waals surface area (Å²) in [5.74, 6) is 0.849. The molecule has 0 spiro atoms. The number of pyridine rings is 2. The molecule has 1 saturated heterocycles. The number of imidazole rings is 1. The van der Waals surface area contributed by atoms with Crippen molar-refractivity contribution in [3.63, 3.8) is 0 Å². The maximum Gasteiger partial charge on any atom is 0.410 e. The van der Waals surface area contributed by atoms with Crippen molar-refractivity contribution in [2.75, 3.05) is 31.1 Å². The summed E-state index contributed by atoms with van der Waals surface area (Å²) in [6.45, 7) is 7.98. The molecule has 10 nitrogen and oxygen atoms in total. The Morgan fingerprint density at radius 1 is 1.00 bits per heavy atom. The van der Waals surface area contributed by atoms with E-state index in [9.17, 15) is 9.90 Å². The fourth-order valence-corrected chi connectivity index (χ4v) is 4.20. The SMILES string of the molecule is CC(C)(C)OC(=O)N1CCN(c2ccc(-c3cnc(-c4ccncc4)c4nc(CO)cn34)cn2)CC1. The van der Waals surface area contributed by atoms with Gasteiger partial charge in [-0.25, -0.2) is 14.8 Å². The molecule has 0 aliphatic carbocycles. The summed E-state index contributed by atoms with van der Waals surface area (Å²) >= 11 is 0. The molecular weight excluding hydrogens is 458 g/mol. The maximum absolute atomic E-state index is 12.3. The summed E-state index contributed by atoms with van der Waals surface area (Å²) < 4.78 is 7.42. The van der Waals surface area contributed by atoms with Crippen LogP contribution in [0.4, 0.5) is 10.6 Å². The van der Waals surface area contributed by atoms with Crippen molar-refractivity contribution in [1.82, 2.24) is 29.2 Å². The monoisotopic (exact) mass is 487 g/mol. The largest absolute Gasteiger partial charge is 0.444 e. The van der Waals surface area contributed by atoms with Crippen LogP contribution < -0.4 is 4.90 Å². The quantitative estimate of drug-likeness (QED) is 0.467. The topological polar surface area (TPSA) is 109 Å². The Morgan fingerprint density at radius 2 is 1.75 bits per heavy atom. The van der Waals surface area contributed by atoms with Gasteiger partial charge in [0.2, 0.25) is 0 Å². The number of rotatable bonds is 4. The minimum Gasteiger partial charge on any atom is -0.444 e. The Morgan fingerprint density at radius 3 is 2.39 bits per heavy atom. The molecule has 0 unspecified atom stereocenters. The van der Waals surface area contributed by atoms with E-state index in [1.807, 2.05) is 61.8 Å². The average molecular weight is 488 g/mol. The Kier molecular flexibility index (Phi) is 6.27. The first-order chi connectivity index (χ1) is 17.3. The van der Waals surface area contributed by atoms with E-state index in [0.717, 1.165) is 22.6 Å². The van der Waals surface area contributed by atoms with Gasteiger partial charge in [-0.05, 0) is 45.0 Å². The summed E-state index contributed by atoms with van der Waals surface area (Å²) in [5.41, 5.74) is 4.03. The fraction of sp³-hybridized carbons (Fsp3) is 0.346. The van der Waals surface area contributed by atoms with Gasteiger partial charge in [-0.15, -0.1) is 0 Å². The molecule has 5 heterocycles. The van der Waals surface area contributed by atoms with Gasteiger partial charge in [0.05, 0.1) is 24.2 Å². The summed E-state index contributed by atoms with van der Waals surface area (Å²) in [7, 11) is 0. The number of carbonyl (C=O) groups excluding carboxylic acids is 1. The summed E-state index contributed by atoms with van der Waals surface area (Å²) in [4.78, 5) is 34.3. The lowest BCUT2D eigenvalue weighted by Crippen LogP contribution is -2.50. The highest BCUT2D eigenvalue weighted by molar-refractivity contribution is 5.77. The van der Waals surface area contributed by atoms with Crippen LogP contribution in [0.25, 0.3) is 28.2 Å². The van der Waals surface area contributed by atoms with Gasteiger partial charge in [-0.2, -0.15) is 0 Å². The zero-order valence-electron chi connectivity index (χ0n) is 20.6. The summed E-state index contributed by atoms with van der Waals surface area (Å²) in [6.07, 6.45) is 8.58. The molecule has 36 heavy (non-hydrogen) atoms. The second-order valence-corrected chi connectivity index (χ2v) is 9.67. The van der Waals surface area contributed by atoms with E-state index in [2.05, 4.69) is 19.9 Å². The van der Waals surface area contributed by atoms with Crippen molar-refractivity contribution in [2.45, 2.75) is 33.0 Å². The molecule has 1 amide bonds. The zero-order chi connectivity index (χ0) is 25.3. The van der Waals surface area contributed by atoms with Crippen molar-refractivity contribution in [1.29, 1.82) is 0 Å². The second-order valence-electron chi connectivity index (χ2n) is 9.67. The normalized spacial score (nSPS) is 14.3. The van der Waals surface area contributed by atoms with Gasteiger partial charge in [-0.1, -0.05) is 0 Å². The van der Waals surface area contributed by atoms with E-state index in [4.69, 9.17) is 9.72 Å². The van der Waals surface area contributed by atoms with Crippen LogP contribution in [-0.4, -0.2) is 72.2 Å². The Bertz CT molecular complexity index is 1360. The van der Waals surface area contributed by atoms with E-state index in [1.165, 1.54) is 0 Å². The molecular formula is C26H29N7O3. The number of carbonyl (C=O) groups is 1. The van der Waals surface area contributed by atoms with Crippen LogP contribution in [0.15, 0.2) is 55.2 Å². The van der Waals surface area contributed by atoms with Crippen LogP contribution in [0, 0.1) is 0 Å². The number of hydrogen-bond acceptors (Lipinski definition) is 8. The second kappa shape index (κ2) is 9.54. The number of aliphatic hydroxyl groups is 1. The third kappa shape index (κ3) is 4.85. The van der Waals surface area contributed by atoms with E-state index in [1.54, 1.807) is 23.5 Å². The first-order valence-electron chi connectivity index (χ1n) is 11.9. The van der Waals surface area contributed by atoms with E-state index < -0.39 is 5.60 Å². The zero-order valence-corrected chi connectivity index (χ0v) is 20.6. The molecule has 0 radical (unpaired) electrons. The number of ether oxygens (including phenoxy) is 1. The molecule has 1 aliphatic heterocycles. The molecule has 4 aromatic heterocycles. The molecule has 0 saturated carbocycles. The van der Waals surface area contributed by atoms with Crippen LogP contribution >= 0.6 is 0 Å². The summed E-state index contributed by atoms with van der Waals surface area (Å²) in [6, 6.07) is 7.75. The van der Waals surface area contributed by atoms with Crippen LogP contribution in [0.3, 0.4) is 0 Å². The number of hydrogen-bond donors (Lipinski definition) is 1. The fourth-order valence-electron chi connectivity index (χ4n) is 4.20. The molecule has 1 aliphatic rings. The van der Waals surface area contributed by atoms with Crippen molar-refractivity contribution in [3.05, 3.63) is 60.9 Å². The third-order valence-corrected chi connectivity index (χ3v) is 5.96. The van der Waals surface area contributed by atoms with Crippen LogP contribution in [0.5, 0.6) is 0 Å². The lowest BCUT2D eigenvalue weighted by atomic mass is 10.1. The predicted octanol–water partition coefficient (Wildman–Crippen LogP) is 3.40. The number of fused-ring (bicyclic) bond motifs is 1. The van der Waals surface area contributed by atoms with E-state index in [0.29, 0.717) is 43.2 Å². The highest BCUT2D eigenvalue weighted by Crippen LogP contribution is 2.28. The average Bonchev–Trinajstić information content (AvgIpc) is 3.33. The first kappa shape index (κ1) is 23.7. The highest BCUT2D eigenvalue weighted by Gasteiger charge is 2.26. The van der Waals surface area contributed by atoms with Gasteiger partial charge in [0.15, 0.2) is 5.65 Å². The molecule has 0 atom stereocenters. The predicted molar refractivity (Wildman–Crippen MR) is 135 cm³/mol. The third-order valence-electron chi connectivity index (χ3n) is 5.96. The molecule has 4 aromatic rings. The molecule has 0 aromatic carbocycles. The Hall–Kier alpha value is -4.05. The van der Waals surface area contributed by atoms with Gasteiger partial charge in [-0.3, -0.25) is 14.4 Å². The van der Waals surface area contributed by atoms with Gasteiger partial charge in [0, 0.05) is 62.1 Å². The van der Waals surface area contributed by atoms with Crippen molar-refractivity contribution in [2.24, 2.45) is 0 Å². The minimum atomic E-state index is -0.504. The Balaban J connectivity index is 1.36. The molecule has 0 bridgehead atoms. The number of aliphatic hydroxyl groups excluding tert-OH is 1. The van der Waals surface area contributed by atoms with Crippen molar-refractivity contribution in [3.8, 4) is 22.5 Å². The number of nitrogens with zero attached hydrogens (tertiary/aromatic N) is 7. The van der Waals surface area contributed by atoms with Crippen molar-refractivity contribution < 1.29 is 14.6 Å². The van der Waals surface area contributed by atoms with Crippen LogP contribution in [-0.2, 0) is 11.3 Å². The van der Waals surface area contributed by atoms with Crippen LogP contribution in [0.1, 0.15) is 26.5 Å². The molecule has 10 heteroatoms. The van der Waals surface area contributed by atoms with E-state index >= 15 is 0 Å². The minimum absolute atomic E-state index is 0.163. The van der Waals surface area contributed by atoms with Gasteiger partial charge >= 0.3 is 6.09 Å². The van der Waals surface area contributed by atoms with Gasteiger partial charge in [0.1, 0.15) is 17.1 Å². The number of amides is 1. The van der Waals surface area contributed by atoms with E-state index in [-0.39, 0.29) is 12.7 Å². The smallest absolute Gasteiger partial charge is 0.410 e.